The van der Waals surface area contributed by atoms with E-state index in [1.807, 2.05) is 6.20 Å². The molecule has 1 amide bonds. The fourth-order valence-electron chi connectivity index (χ4n) is 2.63. The third-order valence-electron chi connectivity index (χ3n) is 3.99. The molecule has 0 atom stereocenters. The van der Waals surface area contributed by atoms with Gasteiger partial charge in [0.05, 0.1) is 0 Å². The molecular formula is C19H14FN5O. The van der Waals surface area contributed by atoms with Gasteiger partial charge in [0.25, 0.3) is 11.7 Å². The van der Waals surface area contributed by atoms with Gasteiger partial charge >= 0.3 is 0 Å². The van der Waals surface area contributed by atoms with E-state index in [9.17, 15) is 9.18 Å². The molecule has 128 valence electrons. The van der Waals surface area contributed by atoms with Crippen molar-refractivity contribution < 1.29 is 9.18 Å². The summed E-state index contributed by atoms with van der Waals surface area (Å²) in [4.78, 5) is 16.4. The lowest BCUT2D eigenvalue weighted by atomic mass is 10.1. The Kier molecular flexibility index (Phi) is 4.10. The van der Waals surface area contributed by atoms with E-state index in [-0.39, 0.29) is 18.3 Å². The Morgan fingerprint density at radius 2 is 1.85 bits per heavy atom. The molecule has 0 aliphatic carbocycles. The Hall–Kier alpha value is -3.61. The van der Waals surface area contributed by atoms with Gasteiger partial charge in [0.2, 0.25) is 0 Å². The number of nitrogens with one attached hydrogen (secondary N) is 1. The highest BCUT2D eigenvalue weighted by molar-refractivity contribution is 5.94. The molecule has 4 rings (SSSR count). The van der Waals surface area contributed by atoms with Crippen molar-refractivity contribution in [3.63, 3.8) is 0 Å². The topological polar surface area (TPSA) is 72.2 Å². The molecule has 1 N–H and O–H groups in total. The van der Waals surface area contributed by atoms with Gasteiger partial charge in [-0.05, 0) is 24.3 Å². The van der Waals surface area contributed by atoms with E-state index < -0.39 is 0 Å². The van der Waals surface area contributed by atoms with Crippen molar-refractivity contribution in [3.05, 3.63) is 83.9 Å². The van der Waals surface area contributed by atoms with E-state index in [1.54, 1.807) is 59.1 Å². The lowest BCUT2D eigenvalue weighted by Gasteiger charge is -2.07. The van der Waals surface area contributed by atoms with Gasteiger partial charge in [-0.3, -0.25) is 9.20 Å². The molecule has 0 saturated carbocycles. The number of hydrogen-bond acceptors (Lipinski definition) is 4. The number of halogens is 1. The number of amides is 1. The fraction of sp³-hybridized carbons (Fsp3) is 0.0526. The zero-order valence-electron chi connectivity index (χ0n) is 13.6. The van der Waals surface area contributed by atoms with Crippen LogP contribution in [0.2, 0.25) is 0 Å². The van der Waals surface area contributed by atoms with Crippen LogP contribution in [0.5, 0.6) is 0 Å². The second kappa shape index (κ2) is 6.72. The van der Waals surface area contributed by atoms with Crippen LogP contribution in [0.25, 0.3) is 17.2 Å². The first-order chi connectivity index (χ1) is 12.7. The molecule has 4 aromatic rings. The Morgan fingerprint density at radius 1 is 1.04 bits per heavy atom. The van der Waals surface area contributed by atoms with Gasteiger partial charge in [-0.15, -0.1) is 10.2 Å². The molecule has 0 aliphatic rings. The summed E-state index contributed by atoms with van der Waals surface area (Å²) >= 11 is 0. The van der Waals surface area contributed by atoms with Gasteiger partial charge < -0.3 is 5.32 Å². The summed E-state index contributed by atoms with van der Waals surface area (Å²) in [5.41, 5.74) is 1.74. The molecule has 0 spiro atoms. The lowest BCUT2D eigenvalue weighted by molar-refractivity contribution is 0.0950. The van der Waals surface area contributed by atoms with Crippen molar-refractivity contribution in [3.8, 4) is 11.4 Å². The fourth-order valence-corrected chi connectivity index (χ4v) is 2.63. The average molecular weight is 347 g/mol. The van der Waals surface area contributed by atoms with E-state index in [2.05, 4.69) is 20.5 Å². The van der Waals surface area contributed by atoms with E-state index in [4.69, 9.17) is 0 Å². The van der Waals surface area contributed by atoms with Gasteiger partial charge in [0.15, 0.2) is 5.82 Å². The summed E-state index contributed by atoms with van der Waals surface area (Å²) in [6, 6.07) is 15.1. The summed E-state index contributed by atoms with van der Waals surface area (Å²) in [6.07, 6.45) is 3.48. The number of nitrogens with zero attached hydrogens (tertiary/aromatic N) is 4. The number of hydrogen-bond donors (Lipinski definition) is 1. The molecule has 0 aliphatic heterocycles. The van der Waals surface area contributed by atoms with Crippen LogP contribution in [0.4, 0.5) is 4.39 Å². The van der Waals surface area contributed by atoms with E-state index in [0.717, 1.165) is 5.56 Å². The number of benzene rings is 2. The predicted octanol–water partition coefficient (Wildman–Crippen LogP) is 2.86. The monoisotopic (exact) mass is 347 g/mol. The largest absolute Gasteiger partial charge is 0.348 e. The van der Waals surface area contributed by atoms with Crippen LogP contribution < -0.4 is 5.32 Å². The number of carbonyl (C=O) groups excluding carboxylic acids is 1. The second-order valence-corrected chi connectivity index (χ2v) is 5.66. The van der Waals surface area contributed by atoms with Crippen LogP contribution in [-0.2, 0) is 6.54 Å². The van der Waals surface area contributed by atoms with Crippen molar-refractivity contribution in [2.75, 3.05) is 0 Å². The van der Waals surface area contributed by atoms with Crippen LogP contribution in [0, 0.1) is 5.82 Å². The standard InChI is InChI=1S/C19H14FN5O/c20-16-5-2-1-4-15(16)12-22-18(26)14-8-6-13(7-9-14)17-23-24-19-21-10-3-11-25(17)19/h1-11H,12H2,(H,22,26). The normalized spacial score (nSPS) is 10.8. The molecule has 26 heavy (non-hydrogen) atoms. The Morgan fingerprint density at radius 3 is 2.65 bits per heavy atom. The maximum absolute atomic E-state index is 13.6. The maximum Gasteiger partial charge on any atom is 0.255 e. The summed E-state index contributed by atoms with van der Waals surface area (Å²) < 4.78 is 15.4. The number of aromatic nitrogens is 4. The van der Waals surface area contributed by atoms with Crippen molar-refractivity contribution in [2.45, 2.75) is 6.54 Å². The van der Waals surface area contributed by atoms with Crippen molar-refractivity contribution in [1.82, 2.24) is 24.9 Å². The van der Waals surface area contributed by atoms with Crippen LogP contribution in [0.15, 0.2) is 67.0 Å². The Balaban J connectivity index is 1.50. The van der Waals surface area contributed by atoms with Crippen LogP contribution in [0.3, 0.4) is 0 Å². The minimum atomic E-state index is -0.338. The highest BCUT2D eigenvalue weighted by Crippen LogP contribution is 2.18. The molecule has 0 saturated heterocycles. The average Bonchev–Trinajstić information content (AvgIpc) is 3.11. The van der Waals surface area contributed by atoms with E-state index in [0.29, 0.717) is 22.7 Å². The van der Waals surface area contributed by atoms with Gasteiger partial charge in [0.1, 0.15) is 5.82 Å². The molecule has 6 nitrogen and oxygen atoms in total. The molecule has 2 aromatic carbocycles. The molecule has 0 unspecified atom stereocenters. The smallest absolute Gasteiger partial charge is 0.255 e. The SMILES string of the molecule is O=C(NCc1ccccc1F)c1ccc(-c2nnc3ncccn23)cc1. The van der Waals surface area contributed by atoms with Crippen LogP contribution in [0.1, 0.15) is 15.9 Å². The number of rotatable bonds is 4. The molecule has 2 aromatic heterocycles. The first-order valence-corrected chi connectivity index (χ1v) is 8.00. The van der Waals surface area contributed by atoms with Crippen molar-refractivity contribution in [2.24, 2.45) is 0 Å². The van der Waals surface area contributed by atoms with E-state index in [1.165, 1.54) is 6.07 Å². The molecule has 2 heterocycles. The summed E-state index contributed by atoms with van der Waals surface area (Å²) in [5, 5.41) is 10.9. The van der Waals surface area contributed by atoms with Crippen LogP contribution in [-0.4, -0.2) is 25.5 Å². The van der Waals surface area contributed by atoms with Gasteiger partial charge in [-0.2, -0.15) is 0 Å². The lowest BCUT2D eigenvalue weighted by Crippen LogP contribution is -2.23. The predicted molar refractivity (Wildman–Crippen MR) is 93.8 cm³/mol. The minimum absolute atomic E-state index is 0.133. The van der Waals surface area contributed by atoms with Crippen molar-refractivity contribution >= 4 is 11.7 Å². The Bertz CT molecular complexity index is 1070. The summed E-state index contributed by atoms with van der Waals surface area (Å²) in [5.74, 6) is 0.545. The van der Waals surface area contributed by atoms with Crippen LogP contribution >= 0.6 is 0 Å². The number of fused-ring (bicyclic) bond motifs is 1. The maximum atomic E-state index is 13.6. The number of carbonyl (C=O) groups is 1. The molecule has 0 fully saturated rings. The highest BCUT2D eigenvalue weighted by Gasteiger charge is 2.11. The zero-order valence-corrected chi connectivity index (χ0v) is 13.6. The quantitative estimate of drug-likeness (QED) is 0.616. The third kappa shape index (κ3) is 3.02. The minimum Gasteiger partial charge on any atom is -0.348 e. The van der Waals surface area contributed by atoms with Gasteiger partial charge in [-0.25, -0.2) is 9.37 Å². The second-order valence-electron chi connectivity index (χ2n) is 5.66. The molecule has 0 bridgehead atoms. The van der Waals surface area contributed by atoms with E-state index >= 15 is 0 Å². The summed E-state index contributed by atoms with van der Waals surface area (Å²) in [7, 11) is 0. The van der Waals surface area contributed by atoms with Gasteiger partial charge in [0, 0.05) is 35.6 Å². The van der Waals surface area contributed by atoms with Crippen molar-refractivity contribution in [1.29, 1.82) is 0 Å². The van der Waals surface area contributed by atoms with Gasteiger partial charge in [-0.1, -0.05) is 30.3 Å². The third-order valence-corrected chi connectivity index (χ3v) is 3.99. The highest BCUT2D eigenvalue weighted by atomic mass is 19.1. The summed E-state index contributed by atoms with van der Waals surface area (Å²) in [6.45, 7) is 0.133. The first kappa shape index (κ1) is 15.9. The zero-order chi connectivity index (χ0) is 17.9. The molecule has 7 heteroatoms. The first-order valence-electron chi connectivity index (χ1n) is 8.00. The molecule has 0 radical (unpaired) electrons. The molecular weight excluding hydrogens is 333 g/mol. The Labute approximate surface area is 148 Å².